The van der Waals surface area contributed by atoms with Gasteiger partial charge >= 0.3 is 11.8 Å². The highest BCUT2D eigenvalue weighted by Crippen LogP contribution is 2.20. The van der Waals surface area contributed by atoms with Crippen LogP contribution in [0.2, 0.25) is 5.02 Å². The molecule has 1 aromatic carbocycles. The van der Waals surface area contributed by atoms with Gasteiger partial charge < -0.3 is 15.5 Å². The maximum atomic E-state index is 12.0. The summed E-state index contributed by atoms with van der Waals surface area (Å²) in [6.07, 6.45) is 6.97. The molecule has 142 valence electrons. The third-order valence-electron chi connectivity index (χ3n) is 4.61. The molecule has 2 N–H and O–H groups in total. The SMILES string of the molecule is O=C(NCc1ccc(Cl)cc1)C(=O)NCC1CCN(c2cnccn2)CC1. The first-order chi connectivity index (χ1) is 13.1. The molecule has 1 saturated heterocycles. The molecule has 0 aliphatic carbocycles. The summed E-state index contributed by atoms with van der Waals surface area (Å²) >= 11 is 5.82. The maximum Gasteiger partial charge on any atom is 0.309 e. The van der Waals surface area contributed by atoms with E-state index in [0.717, 1.165) is 37.3 Å². The zero-order chi connectivity index (χ0) is 19.1. The number of halogens is 1. The van der Waals surface area contributed by atoms with Crippen molar-refractivity contribution in [1.82, 2.24) is 20.6 Å². The second-order valence-corrected chi connectivity index (χ2v) is 6.95. The zero-order valence-electron chi connectivity index (χ0n) is 14.9. The minimum Gasteiger partial charge on any atom is -0.355 e. The molecule has 2 aromatic rings. The fourth-order valence-electron chi connectivity index (χ4n) is 3.00. The number of nitrogens with zero attached hydrogens (tertiary/aromatic N) is 3. The molecular formula is C19H22ClN5O2. The third kappa shape index (κ3) is 5.65. The summed E-state index contributed by atoms with van der Waals surface area (Å²) in [5.41, 5.74) is 0.886. The number of carbonyl (C=O) groups excluding carboxylic acids is 2. The summed E-state index contributed by atoms with van der Waals surface area (Å²) in [4.78, 5) is 34.5. The Hall–Kier alpha value is -2.67. The van der Waals surface area contributed by atoms with E-state index in [9.17, 15) is 9.59 Å². The molecule has 7 nitrogen and oxygen atoms in total. The van der Waals surface area contributed by atoms with Crippen molar-refractivity contribution >= 4 is 29.2 Å². The van der Waals surface area contributed by atoms with Crippen LogP contribution in [0.25, 0.3) is 0 Å². The number of benzene rings is 1. The van der Waals surface area contributed by atoms with Gasteiger partial charge in [0, 0.05) is 43.6 Å². The van der Waals surface area contributed by atoms with Gasteiger partial charge in [-0.3, -0.25) is 14.6 Å². The highest BCUT2D eigenvalue weighted by molar-refractivity contribution is 6.35. The van der Waals surface area contributed by atoms with Crippen molar-refractivity contribution in [3.8, 4) is 0 Å². The van der Waals surface area contributed by atoms with E-state index < -0.39 is 11.8 Å². The summed E-state index contributed by atoms with van der Waals surface area (Å²) < 4.78 is 0. The summed E-state index contributed by atoms with van der Waals surface area (Å²) in [5, 5.41) is 5.98. The Balaban J connectivity index is 1.36. The molecule has 1 aliphatic rings. The number of hydrogen-bond acceptors (Lipinski definition) is 5. The normalized spacial score (nSPS) is 14.6. The van der Waals surface area contributed by atoms with Gasteiger partial charge in [-0.2, -0.15) is 0 Å². The van der Waals surface area contributed by atoms with Gasteiger partial charge in [-0.15, -0.1) is 0 Å². The van der Waals surface area contributed by atoms with Gasteiger partial charge in [0.1, 0.15) is 5.82 Å². The van der Waals surface area contributed by atoms with Crippen LogP contribution < -0.4 is 15.5 Å². The molecular weight excluding hydrogens is 366 g/mol. The molecule has 1 aromatic heterocycles. The summed E-state index contributed by atoms with van der Waals surface area (Å²) in [7, 11) is 0. The Morgan fingerprint density at radius 1 is 1.07 bits per heavy atom. The lowest BCUT2D eigenvalue weighted by atomic mass is 9.97. The van der Waals surface area contributed by atoms with Crippen molar-refractivity contribution < 1.29 is 9.59 Å². The van der Waals surface area contributed by atoms with Crippen LogP contribution >= 0.6 is 11.6 Å². The van der Waals surface area contributed by atoms with Gasteiger partial charge in [-0.1, -0.05) is 23.7 Å². The fraction of sp³-hybridized carbons (Fsp3) is 0.368. The lowest BCUT2D eigenvalue weighted by molar-refractivity contribution is -0.139. The second kappa shape index (κ2) is 9.32. The molecule has 0 saturated carbocycles. The minimum atomic E-state index is -0.623. The van der Waals surface area contributed by atoms with Gasteiger partial charge in [0.15, 0.2) is 0 Å². The second-order valence-electron chi connectivity index (χ2n) is 6.51. The van der Waals surface area contributed by atoms with Crippen LogP contribution in [-0.4, -0.2) is 41.4 Å². The topological polar surface area (TPSA) is 87.2 Å². The van der Waals surface area contributed by atoms with Crippen LogP contribution in [0.3, 0.4) is 0 Å². The first-order valence-electron chi connectivity index (χ1n) is 8.93. The standard InChI is InChI=1S/C19H22ClN5O2/c20-16-3-1-14(2-4-16)11-23-18(26)19(27)24-12-15-5-9-25(10-6-15)17-13-21-7-8-22-17/h1-4,7-8,13,15H,5-6,9-12H2,(H,23,26)(H,24,27). The number of piperidine rings is 1. The molecule has 0 atom stereocenters. The van der Waals surface area contributed by atoms with E-state index in [1.54, 1.807) is 30.7 Å². The molecule has 0 spiro atoms. The fourth-order valence-corrected chi connectivity index (χ4v) is 3.13. The zero-order valence-corrected chi connectivity index (χ0v) is 15.7. The van der Waals surface area contributed by atoms with E-state index >= 15 is 0 Å². The Morgan fingerprint density at radius 3 is 2.44 bits per heavy atom. The Morgan fingerprint density at radius 2 is 1.78 bits per heavy atom. The van der Waals surface area contributed by atoms with E-state index in [2.05, 4.69) is 25.5 Å². The van der Waals surface area contributed by atoms with Crippen LogP contribution in [0.5, 0.6) is 0 Å². The highest BCUT2D eigenvalue weighted by Gasteiger charge is 2.22. The predicted molar refractivity (Wildman–Crippen MR) is 103 cm³/mol. The van der Waals surface area contributed by atoms with Crippen molar-refractivity contribution in [2.24, 2.45) is 5.92 Å². The van der Waals surface area contributed by atoms with Gasteiger partial charge in [-0.05, 0) is 36.5 Å². The highest BCUT2D eigenvalue weighted by atomic mass is 35.5. The van der Waals surface area contributed by atoms with E-state index in [1.807, 2.05) is 12.1 Å². The van der Waals surface area contributed by atoms with Crippen LogP contribution in [0, 0.1) is 5.92 Å². The predicted octanol–water partition coefficient (Wildman–Crippen LogP) is 1.78. The number of anilines is 1. The molecule has 0 radical (unpaired) electrons. The van der Waals surface area contributed by atoms with Gasteiger partial charge in [0.2, 0.25) is 0 Å². The number of hydrogen-bond donors (Lipinski definition) is 2. The Bertz CT molecular complexity index is 761. The van der Waals surface area contributed by atoms with Crippen molar-refractivity contribution in [2.45, 2.75) is 19.4 Å². The van der Waals surface area contributed by atoms with Crippen LogP contribution in [0.15, 0.2) is 42.9 Å². The lowest BCUT2D eigenvalue weighted by Crippen LogP contribution is -2.43. The molecule has 27 heavy (non-hydrogen) atoms. The number of carbonyl (C=O) groups is 2. The average molecular weight is 388 g/mol. The molecule has 3 rings (SSSR count). The first kappa shape index (κ1) is 19.1. The van der Waals surface area contributed by atoms with E-state index in [0.29, 0.717) is 24.0 Å². The third-order valence-corrected chi connectivity index (χ3v) is 4.86. The first-order valence-corrected chi connectivity index (χ1v) is 9.31. The van der Waals surface area contributed by atoms with Crippen molar-refractivity contribution in [1.29, 1.82) is 0 Å². The van der Waals surface area contributed by atoms with E-state index in [1.165, 1.54) is 0 Å². The monoisotopic (exact) mass is 387 g/mol. The van der Waals surface area contributed by atoms with Crippen molar-refractivity contribution in [3.63, 3.8) is 0 Å². The molecule has 2 amide bonds. The lowest BCUT2D eigenvalue weighted by Gasteiger charge is -2.32. The number of nitrogens with one attached hydrogen (secondary N) is 2. The van der Waals surface area contributed by atoms with Crippen molar-refractivity contribution in [2.75, 3.05) is 24.5 Å². The van der Waals surface area contributed by atoms with Crippen molar-refractivity contribution in [3.05, 3.63) is 53.4 Å². The molecule has 0 bridgehead atoms. The van der Waals surface area contributed by atoms with Gasteiger partial charge in [-0.25, -0.2) is 4.98 Å². The summed E-state index contributed by atoms with van der Waals surface area (Å²) in [6.45, 7) is 2.52. The van der Waals surface area contributed by atoms with E-state index in [4.69, 9.17) is 11.6 Å². The largest absolute Gasteiger partial charge is 0.355 e. The number of aromatic nitrogens is 2. The maximum absolute atomic E-state index is 12.0. The van der Waals surface area contributed by atoms with Crippen LogP contribution in [0.4, 0.5) is 5.82 Å². The van der Waals surface area contributed by atoms with Crippen LogP contribution in [0.1, 0.15) is 18.4 Å². The average Bonchev–Trinajstić information content (AvgIpc) is 2.72. The minimum absolute atomic E-state index is 0.292. The van der Waals surface area contributed by atoms with Gasteiger partial charge in [0.25, 0.3) is 0 Å². The quantitative estimate of drug-likeness (QED) is 0.763. The number of rotatable bonds is 5. The summed E-state index contributed by atoms with van der Waals surface area (Å²) in [5.74, 6) is 0.00904. The molecule has 8 heteroatoms. The molecule has 1 aliphatic heterocycles. The molecule has 0 unspecified atom stereocenters. The molecule has 1 fully saturated rings. The van der Waals surface area contributed by atoms with Crippen LogP contribution in [-0.2, 0) is 16.1 Å². The Kier molecular flexibility index (Phi) is 6.59. The smallest absolute Gasteiger partial charge is 0.309 e. The summed E-state index contributed by atoms with van der Waals surface area (Å²) in [6, 6.07) is 7.11. The number of amides is 2. The Labute approximate surface area is 163 Å². The van der Waals surface area contributed by atoms with Gasteiger partial charge in [0.05, 0.1) is 6.20 Å². The van der Waals surface area contributed by atoms with E-state index in [-0.39, 0.29) is 0 Å². The molecule has 2 heterocycles.